The Labute approximate surface area is 194 Å². The summed E-state index contributed by atoms with van der Waals surface area (Å²) in [5.74, 6) is 0.687. The number of unbranched alkanes of at least 4 members (excludes halogenated alkanes) is 3. The molecule has 1 rings (SSSR count). The number of rotatable bonds is 17. The molecule has 2 unspecified atom stereocenters. The molecule has 1 aliphatic heterocycles. The maximum Gasteiger partial charge on any atom is 0.472 e. The van der Waals surface area contributed by atoms with Crippen LogP contribution in [0.15, 0.2) is 0 Å². The van der Waals surface area contributed by atoms with E-state index in [9.17, 15) is 9.46 Å². The molecule has 0 aromatic carbocycles. The Hall–Kier alpha value is 0.0700. The lowest BCUT2D eigenvalue weighted by Crippen LogP contribution is -2.41. The fourth-order valence-corrected chi connectivity index (χ4v) is 4.97. The lowest BCUT2D eigenvalue weighted by Gasteiger charge is -2.28. The first-order valence-corrected chi connectivity index (χ1v) is 14.7. The highest BCUT2D eigenvalue weighted by Crippen LogP contribution is 2.44. The maximum absolute atomic E-state index is 11.9. The van der Waals surface area contributed by atoms with E-state index in [1.54, 1.807) is 0 Å². The van der Waals surface area contributed by atoms with Crippen LogP contribution in [0.2, 0.25) is 0 Å². The average molecular weight is 465 g/mol. The zero-order valence-corrected chi connectivity index (χ0v) is 22.6. The van der Waals surface area contributed by atoms with E-state index in [0.29, 0.717) is 25.0 Å². The number of hydrogen-bond acceptors (Lipinski definition) is 3. The van der Waals surface area contributed by atoms with Gasteiger partial charge in [-0.25, -0.2) is 4.57 Å². The molecule has 1 aliphatic rings. The Morgan fingerprint density at radius 3 is 1.58 bits per heavy atom. The van der Waals surface area contributed by atoms with Crippen molar-refractivity contribution in [1.82, 2.24) is 0 Å². The molecule has 31 heavy (non-hydrogen) atoms. The molecule has 5 nitrogen and oxygen atoms in total. The van der Waals surface area contributed by atoms with Gasteiger partial charge >= 0.3 is 7.82 Å². The quantitative estimate of drug-likeness (QED) is 0.178. The van der Waals surface area contributed by atoms with Crippen molar-refractivity contribution in [3.63, 3.8) is 0 Å². The molecular formula is C25H55NO4P+. The molecule has 0 spiro atoms. The van der Waals surface area contributed by atoms with Gasteiger partial charge in [-0.2, -0.15) is 0 Å². The van der Waals surface area contributed by atoms with Crippen LogP contribution in [-0.2, 0) is 13.6 Å². The molecule has 1 fully saturated rings. The number of quaternary nitrogens is 1. The van der Waals surface area contributed by atoms with E-state index < -0.39 is 7.82 Å². The Balaban J connectivity index is 0.000000743. The topological polar surface area (TPSA) is 55.8 Å². The van der Waals surface area contributed by atoms with Gasteiger partial charge in [-0.05, 0) is 31.1 Å². The van der Waals surface area contributed by atoms with Gasteiger partial charge in [0, 0.05) is 12.8 Å². The van der Waals surface area contributed by atoms with Crippen molar-refractivity contribution in [1.29, 1.82) is 0 Å². The van der Waals surface area contributed by atoms with Crippen LogP contribution in [0.25, 0.3) is 0 Å². The molecule has 0 radical (unpaired) electrons. The van der Waals surface area contributed by atoms with Gasteiger partial charge < -0.3 is 9.38 Å². The van der Waals surface area contributed by atoms with Gasteiger partial charge in [0.25, 0.3) is 0 Å². The normalized spacial score (nSPS) is 19.3. The van der Waals surface area contributed by atoms with Crippen LogP contribution in [0.3, 0.4) is 0 Å². The van der Waals surface area contributed by atoms with Gasteiger partial charge in [0.1, 0.15) is 0 Å². The fraction of sp³-hybridized carbons (Fsp3) is 1.00. The number of phosphoric ester groups is 1. The standard InChI is InChI=1S/C16H35O4P.C9H20N/c1-5-9-11-15(7-3)13-19-21(17,18)20-14-16(8-4)12-10-6-2;1-3-4-7-10(2)8-5-6-9-10/h15-16H,5-14H2,1-4H3,(H,17,18);3-9H2,1-2H3/q;+1. The van der Waals surface area contributed by atoms with Gasteiger partial charge in [-0.1, -0.05) is 79.6 Å². The van der Waals surface area contributed by atoms with Gasteiger partial charge in [0.2, 0.25) is 0 Å². The van der Waals surface area contributed by atoms with Crippen molar-refractivity contribution >= 4 is 7.82 Å². The highest BCUT2D eigenvalue weighted by Gasteiger charge is 2.25. The molecule has 0 saturated carbocycles. The summed E-state index contributed by atoms with van der Waals surface area (Å²) in [5.41, 5.74) is 0. The number of likely N-dealkylation sites (tertiary alicyclic amines) is 1. The highest BCUT2D eigenvalue weighted by molar-refractivity contribution is 7.47. The summed E-state index contributed by atoms with van der Waals surface area (Å²) >= 11 is 0. The highest BCUT2D eigenvalue weighted by atomic mass is 31.2. The third-order valence-corrected chi connectivity index (χ3v) is 7.68. The van der Waals surface area contributed by atoms with Crippen molar-refractivity contribution in [3.05, 3.63) is 0 Å². The van der Waals surface area contributed by atoms with E-state index in [-0.39, 0.29) is 0 Å². The lowest BCUT2D eigenvalue weighted by molar-refractivity contribution is -0.897. The van der Waals surface area contributed by atoms with Crippen molar-refractivity contribution in [2.75, 3.05) is 39.9 Å². The molecule has 0 aliphatic carbocycles. The number of phosphoric acid groups is 1. The van der Waals surface area contributed by atoms with Crippen molar-refractivity contribution in [3.8, 4) is 0 Å². The van der Waals surface area contributed by atoms with E-state index in [2.05, 4.69) is 41.7 Å². The zero-order valence-electron chi connectivity index (χ0n) is 21.7. The molecule has 0 aromatic rings. The Kier molecular flexibility index (Phi) is 18.5. The summed E-state index contributed by atoms with van der Waals surface area (Å²) < 4.78 is 23.6. The molecule has 1 saturated heterocycles. The van der Waals surface area contributed by atoms with Gasteiger partial charge in [-0.15, -0.1) is 0 Å². The second-order valence-corrected chi connectivity index (χ2v) is 11.2. The average Bonchev–Trinajstić information content (AvgIpc) is 3.19. The third-order valence-electron chi connectivity index (χ3n) is 6.73. The van der Waals surface area contributed by atoms with E-state index in [1.165, 1.54) is 49.8 Å². The SMILES string of the molecule is CCCCC(CC)COP(=O)(O)OCC(CC)CCCC.CCCC[N+]1(C)CCCC1. The molecule has 0 bridgehead atoms. The molecule has 1 N–H and O–H groups in total. The second-order valence-electron chi connectivity index (χ2n) is 9.74. The van der Waals surface area contributed by atoms with Crippen LogP contribution in [0.1, 0.15) is 112 Å². The van der Waals surface area contributed by atoms with Crippen LogP contribution in [0.4, 0.5) is 0 Å². The van der Waals surface area contributed by atoms with E-state index in [4.69, 9.17) is 9.05 Å². The lowest BCUT2D eigenvalue weighted by atomic mass is 10.0. The molecule has 2 atom stereocenters. The second kappa shape index (κ2) is 18.5. The van der Waals surface area contributed by atoms with Crippen molar-refractivity contribution < 1.29 is 23.0 Å². The summed E-state index contributed by atoms with van der Waals surface area (Å²) in [5, 5.41) is 0. The summed E-state index contributed by atoms with van der Waals surface area (Å²) in [7, 11) is -1.49. The van der Waals surface area contributed by atoms with Crippen molar-refractivity contribution in [2.24, 2.45) is 11.8 Å². The van der Waals surface area contributed by atoms with Gasteiger partial charge in [-0.3, -0.25) is 9.05 Å². The van der Waals surface area contributed by atoms with E-state index in [1.807, 2.05) is 0 Å². The van der Waals surface area contributed by atoms with Crippen LogP contribution >= 0.6 is 7.82 Å². The fourth-order valence-electron chi connectivity index (χ4n) is 4.09. The summed E-state index contributed by atoms with van der Waals surface area (Å²) in [4.78, 5) is 9.77. The van der Waals surface area contributed by atoms with Gasteiger partial charge in [0.05, 0.1) is 39.9 Å². The number of nitrogens with zero attached hydrogens (tertiary/aromatic N) is 1. The van der Waals surface area contributed by atoms with Crippen LogP contribution in [0, 0.1) is 11.8 Å². The smallest absolute Gasteiger partial charge is 0.326 e. The van der Waals surface area contributed by atoms with Crippen LogP contribution in [-0.4, -0.2) is 49.3 Å². The maximum atomic E-state index is 11.9. The van der Waals surface area contributed by atoms with E-state index in [0.717, 1.165) is 51.4 Å². The first kappa shape index (κ1) is 31.1. The molecule has 0 amide bonds. The Morgan fingerprint density at radius 2 is 1.23 bits per heavy atom. The first-order chi connectivity index (χ1) is 14.8. The molecule has 188 valence electrons. The molecule has 1 heterocycles. The minimum Gasteiger partial charge on any atom is -0.326 e. The predicted octanol–water partition coefficient (Wildman–Crippen LogP) is 7.58. The first-order valence-electron chi connectivity index (χ1n) is 13.2. The largest absolute Gasteiger partial charge is 0.472 e. The summed E-state index contributed by atoms with van der Waals surface area (Å²) in [6.45, 7) is 15.7. The molecule has 6 heteroatoms. The van der Waals surface area contributed by atoms with Gasteiger partial charge in [0.15, 0.2) is 0 Å². The number of hydrogen-bond donors (Lipinski definition) is 1. The Morgan fingerprint density at radius 1 is 0.806 bits per heavy atom. The molecular weight excluding hydrogens is 409 g/mol. The molecule has 0 aromatic heterocycles. The monoisotopic (exact) mass is 464 g/mol. The third kappa shape index (κ3) is 16.3. The van der Waals surface area contributed by atoms with E-state index >= 15 is 0 Å². The minimum atomic E-state index is -3.89. The summed E-state index contributed by atoms with van der Waals surface area (Å²) in [6.07, 6.45) is 14.2. The Bertz CT molecular complexity index is 431. The van der Waals surface area contributed by atoms with Crippen LogP contribution < -0.4 is 0 Å². The minimum absolute atomic E-state index is 0.316. The van der Waals surface area contributed by atoms with Crippen LogP contribution in [0.5, 0.6) is 0 Å². The van der Waals surface area contributed by atoms with Crippen molar-refractivity contribution in [2.45, 2.75) is 112 Å². The predicted molar refractivity (Wildman–Crippen MR) is 133 cm³/mol. The zero-order chi connectivity index (χ0) is 23.6. The summed E-state index contributed by atoms with van der Waals surface area (Å²) in [6, 6.07) is 0.